The molecule has 0 heterocycles. The number of aliphatic hydroxyl groups excluding tert-OH is 2. The number of hydrogen-bond acceptors (Lipinski definition) is 5. The summed E-state index contributed by atoms with van der Waals surface area (Å²) in [5.74, 6) is -0.546. The van der Waals surface area contributed by atoms with Crippen molar-refractivity contribution in [3.8, 4) is 0 Å². The lowest BCUT2D eigenvalue weighted by Crippen LogP contribution is -2.46. The van der Waals surface area contributed by atoms with Crippen LogP contribution in [0.15, 0.2) is 60.8 Å². The molecule has 0 aliphatic rings. The second-order valence-electron chi connectivity index (χ2n) is 15.9. The minimum Gasteiger partial charge on any atom is -0.462 e. The van der Waals surface area contributed by atoms with Crippen LogP contribution in [0.2, 0.25) is 0 Å². The fourth-order valence-electron chi connectivity index (χ4n) is 6.93. The lowest BCUT2D eigenvalue weighted by atomic mass is 10.0. The number of nitrogens with one attached hydrogen (secondary N) is 1. The number of rotatable bonds is 41. The van der Waals surface area contributed by atoms with Crippen molar-refractivity contribution in [1.29, 1.82) is 0 Å². The average molecular weight is 784 g/mol. The lowest BCUT2D eigenvalue weighted by Gasteiger charge is -2.24. The molecule has 1 amide bonds. The predicted octanol–water partition coefficient (Wildman–Crippen LogP) is 13.7. The summed E-state index contributed by atoms with van der Waals surface area (Å²) in [6.45, 7) is 6.30. The van der Waals surface area contributed by atoms with Crippen LogP contribution in [0.3, 0.4) is 0 Å². The third-order valence-electron chi connectivity index (χ3n) is 10.5. The molecule has 56 heavy (non-hydrogen) atoms. The summed E-state index contributed by atoms with van der Waals surface area (Å²) < 4.78 is 5.87. The molecule has 0 aromatic heterocycles. The number of esters is 1. The van der Waals surface area contributed by atoms with E-state index in [0.29, 0.717) is 19.3 Å². The van der Waals surface area contributed by atoms with Crippen molar-refractivity contribution in [2.24, 2.45) is 0 Å². The van der Waals surface area contributed by atoms with E-state index in [9.17, 15) is 19.8 Å². The van der Waals surface area contributed by atoms with Crippen molar-refractivity contribution in [1.82, 2.24) is 5.32 Å². The second kappa shape index (κ2) is 43.7. The van der Waals surface area contributed by atoms with Gasteiger partial charge in [0, 0.05) is 6.42 Å². The molecule has 0 aromatic rings. The van der Waals surface area contributed by atoms with E-state index >= 15 is 0 Å². The Balaban J connectivity index is 4.69. The van der Waals surface area contributed by atoms with Crippen molar-refractivity contribution >= 4 is 11.9 Å². The number of carbonyl (C=O) groups excluding carboxylic acids is 2. The monoisotopic (exact) mass is 784 g/mol. The number of allylic oxidation sites excluding steroid dienone is 10. The Kier molecular flexibility index (Phi) is 41.8. The standard InChI is InChI=1S/C50H89NO5/c1-4-7-10-13-16-19-22-24-27-29-32-35-38-41-46(56-50(55)43-40-37-34-31-26-21-18-15-12-9-6-3)44-49(54)51-47(45-52)48(53)42-39-36-33-30-28-25-23-20-17-14-11-8-5-2/h7,10,13,16,19,22,24,27,29,32,46-48,52-53H,4-6,8-9,11-12,14-15,17-18,20-21,23,25-26,28,30-31,33-45H2,1-3H3,(H,51,54)/b10-7+,16-13+,22-19-,27-24-,32-29+. The van der Waals surface area contributed by atoms with Crippen LogP contribution in [0.5, 0.6) is 0 Å². The Hall–Kier alpha value is -2.44. The topological polar surface area (TPSA) is 95.9 Å². The van der Waals surface area contributed by atoms with Crippen molar-refractivity contribution in [3.63, 3.8) is 0 Å². The van der Waals surface area contributed by atoms with Crippen LogP contribution in [-0.2, 0) is 14.3 Å². The number of carbonyl (C=O) groups is 2. The highest BCUT2D eigenvalue weighted by atomic mass is 16.5. The molecule has 3 unspecified atom stereocenters. The molecule has 0 aromatic carbocycles. The van der Waals surface area contributed by atoms with Crippen molar-refractivity contribution in [3.05, 3.63) is 60.8 Å². The van der Waals surface area contributed by atoms with Gasteiger partial charge in [-0.15, -0.1) is 0 Å². The molecule has 0 bridgehead atoms. The van der Waals surface area contributed by atoms with E-state index in [2.05, 4.69) is 38.2 Å². The van der Waals surface area contributed by atoms with Crippen LogP contribution in [0.25, 0.3) is 0 Å². The zero-order valence-electron chi connectivity index (χ0n) is 36.8. The van der Waals surface area contributed by atoms with Crippen LogP contribution in [-0.4, -0.2) is 46.9 Å². The first-order chi connectivity index (χ1) is 27.5. The zero-order valence-corrected chi connectivity index (χ0v) is 36.8. The first-order valence-corrected chi connectivity index (χ1v) is 23.6. The number of hydrogen-bond donors (Lipinski definition) is 3. The summed E-state index contributed by atoms with van der Waals surface area (Å²) >= 11 is 0. The van der Waals surface area contributed by atoms with Crippen LogP contribution in [0.1, 0.15) is 220 Å². The van der Waals surface area contributed by atoms with Crippen molar-refractivity contribution in [2.45, 2.75) is 238 Å². The van der Waals surface area contributed by atoms with Gasteiger partial charge in [0.05, 0.1) is 25.2 Å². The molecule has 0 spiro atoms. The molecule has 6 nitrogen and oxygen atoms in total. The van der Waals surface area contributed by atoms with Gasteiger partial charge in [0.15, 0.2) is 0 Å². The molecular formula is C50H89NO5. The molecular weight excluding hydrogens is 695 g/mol. The van der Waals surface area contributed by atoms with E-state index < -0.39 is 18.2 Å². The average Bonchev–Trinajstić information content (AvgIpc) is 3.19. The predicted molar refractivity (Wildman–Crippen MR) is 241 cm³/mol. The molecule has 0 aliphatic heterocycles. The summed E-state index contributed by atoms with van der Waals surface area (Å²) in [7, 11) is 0. The minimum atomic E-state index is -0.805. The smallest absolute Gasteiger partial charge is 0.306 e. The Morgan fingerprint density at radius 3 is 1.43 bits per heavy atom. The normalized spacial score (nSPS) is 13.9. The first-order valence-electron chi connectivity index (χ1n) is 23.6. The van der Waals surface area contributed by atoms with Crippen molar-refractivity contribution in [2.75, 3.05) is 6.61 Å². The summed E-state index contributed by atoms with van der Waals surface area (Å²) in [6.07, 6.45) is 52.8. The summed E-state index contributed by atoms with van der Waals surface area (Å²) in [5, 5.41) is 23.7. The maximum absolute atomic E-state index is 13.1. The molecule has 3 atom stereocenters. The van der Waals surface area contributed by atoms with Crippen LogP contribution in [0.4, 0.5) is 0 Å². The van der Waals surface area contributed by atoms with Gasteiger partial charge < -0.3 is 20.3 Å². The molecule has 0 saturated carbocycles. The SMILES string of the molecule is CC/C=C/C=C/C=C\C=C/C=C/CCCC(CC(=O)NC(CO)C(O)CCCCCCCCCCCCCCC)OC(=O)CCCCCCCCCCCCC. The van der Waals surface area contributed by atoms with Gasteiger partial charge in [-0.1, -0.05) is 229 Å². The molecule has 0 rings (SSSR count). The highest BCUT2D eigenvalue weighted by Gasteiger charge is 2.24. The third-order valence-corrected chi connectivity index (χ3v) is 10.5. The lowest BCUT2D eigenvalue weighted by molar-refractivity contribution is -0.151. The van der Waals surface area contributed by atoms with E-state index in [4.69, 9.17) is 4.74 Å². The minimum absolute atomic E-state index is 0.0291. The number of aliphatic hydroxyl groups is 2. The van der Waals surface area contributed by atoms with Gasteiger partial charge in [0.25, 0.3) is 0 Å². The van der Waals surface area contributed by atoms with Crippen LogP contribution in [0, 0.1) is 0 Å². The van der Waals surface area contributed by atoms with Gasteiger partial charge in [-0.2, -0.15) is 0 Å². The molecule has 0 radical (unpaired) electrons. The molecule has 0 aliphatic carbocycles. The maximum atomic E-state index is 13.1. The molecule has 6 heteroatoms. The van der Waals surface area contributed by atoms with Crippen LogP contribution >= 0.6 is 0 Å². The number of amides is 1. The maximum Gasteiger partial charge on any atom is 0.306 e. The Bertz CT molecular complexity index is 1010. The van der Waals surface area contributed by atoms with E-state index in [1.54, 1.807) is 0 Å². The summed E-state index contributed by atoms with van der Waals surface area (Å²) in [4.78, 5) is 26.0. The van der Waals surface area contributed by atoms with Gasteiger partial charge >= 0.3 is 5.97 Å². The largest absolute Gasteiger partial charge is 0.462 e. The van der Waals surface area contributed by atoms with E-state index in [1.165, 1.54) is 116 Å². The van der Waals surface area contributed by atoms with Gasteiger partial charge in [-0.3, -0.25) is 9.59 Å². The molecule has 3 N–H and O–H groups in total. The van der Waals surface area contributed by atoms with Gasteiger partial charge in [0.1, 0.15) is 6.10 Å². The number of unbranched alkanes of at least 4 members (excludes halogenated alkanes) is 23. The summed E-state index contributed by atoms with van der Waals surface area (Å²) in [6, 6.07) is -0.723. The highest BCUT2D eigenvalue weighted by Crippen LogP contribution is 2.17. The Morgan fingerprint density at radius 1 is 0.536 bits per heavy atom. The van der Waals surface area contributed by atoms with Gasteiger partial charge in [-0.25, -0.2) is 0 Å². The quantitative estimate of drug-likeness (QED) is 0.0326. The first kappa shape index (κ1) is 53.6. The van der Waals surface area contributed by atoms with Gasteiger partial charge in [-0.05, 0) is 38.5 Å². The van der Waals surface area contributed by atoms with E-state index in [0.717, 1.165) is 57.8 Å². The van der Waals surface area contributed by atoms with Crippen molar-refractivity contribution < 1.29 is 24.5 Å². The fourth-order valence-corrected chi connectivity index (χ4v) is 6.93. The third kappa shape index (κ3) is 38.4. The number of ether oxygens (including phenoxy) is 1. The summed E-state index contributed by atoms with van der Waals surface area (Å²) in [5.41, 5.74) is 0. The Labute approximate surface area is 346 Å². The molecule has 0 saturated heterocycles. The van der Waals surface area contributed by atoms with E-state index in [-0.39, 0.29) is 24.9 Å². The Morgan fingerprint density at radius 2 is 0.964 bits per heavy atom. The van der Waals surface area contributed by atoms with Gasteiger partial charge in [0.2, 0.25) is 5.91 Å². The zero-order chi connectivity index (χ0) is 41.0. The molecule has 0 fully saturated rings. The highest BCUT2D eigenvalue weighted by molar-refractivity contribution is 5.77. The van der Waals surface area contributed by atoms with E-state index in [1.807, 2.05) is 48.6 Å². The fraction of sp³-hybridized carbons (Fsp3) is 0.760. The van der Waals surface area contributed by atoms with Crippen LogP contribution < -0.4 is 5.32 Å². The molecule has 324 valence electrons. The second-order valence-corrected chi connectivity index (χ2v) is 15.9.